The molecule has 0 spiro atoms. The molecule has 0 bridgehead atoms. The van der Waals surface area contributed by atoms with E-state index in [1.54, 1.807) is 20.4 Å². The number of aliphatic imine (C=N–C) groups is 1. The number of guanidine groups is 1. The van der Waals surface area contributed by atoms with Crippen LogP contribution in [0.4, 0.5) is 5.69 Å². The number of nitrogens with one attached hydrogen (secondary N) is 1. The number of benzene rings is 1. The van der Waals surface area contributed by atoms with Crippen molar-refractivity contribution in [3.05, 3.63) is 48.2 Å². The molecule has 1 saturated heterocycles. The van der Waals surface area contributed by atoms with E-state index in [1.165, 1.54) is 5.69 Å². The molecule has 1 aromatic heterocycles. The van der Waals surface area contributed by atoms with Crippen molar-refractivity contribution in [3.63, 3.8) is 0 Å². The Labute approximate surface area is 201 Å². The van der Waals surface area contributed by atoms with Gasteiger partial charge in [0.15, 0.2) is 5.96 Å². The maximum Gasteiger partial charge on any atom is 0.218 e. The Morgan fingerprint density at radius 2 is 1.81 bits per heavy atom. The van der Waals surface area contributed by atoms with Gasteiger partial charge < -0.3 is 29.3 Å². The van der Waals surface area contributed by atoms with E-state index in [4.69, 9.17) is 14.2 Å². The van der Waals surface area contributed by atoms with E-state index < -0.39 is 0 Å². The highest BCUT2D eigenvalue weighted by molar-refractivity contribution is 14.0. The number of hydrogen-bond donors (Lipinski definition) is 1. The van der Waals surface area contributed by atoms with Crippen LogP contribution < -0.4 is 19.7 Å². The van der Waals surface area contributed by atoms with Gasteiger partial charge in [0.25, 0.3) is 0 Å². The predicted octanol–water partition coefficient (Wildman–Crippen LogP) is 2.63. The number of methoxy groups -OCH3 is 2. The SMILES string of the molecule is CN=C(NCc1cccnc1OCCOC)N1CCN(c2ccc(OC)cc2)CC1.I. The number of halogens is 1. The molecule has 8 nitrogen and oxygen atoms in total. The van der Waals surface area contributed by atoms with Gasteiger partial charge in [0.2, 0.25) is 5.88 Å². The molecule has 2 heterocycles. The van der Waals surface area contributed by atoms with E-state index in [2.05, 4.69) is 37.2 Å². The lowest BCUT2D eigenvalue weighted by Crippen LogP contribution is -2.52. The first-order valence-electron chi connectivity index (χ1n) is 10.2. The Kier molecular flexibility index (Phi) is 10.6. The quantitative estimate of drug-likeness (QED) is 0.239. The van der Waals surface area contributed by atoms with Crippen molar-refractivity contribution < 1.29 is 14.2 Å². The zero-order valence-electron chi connectivity index (χ0n) is 18.4. The highest BCUT2D eigenvalue weighted by atomic mass is 127. The Hall–Kier alpha value is -2.27. The minimum Gasteiger partial charge on any atom is -0.497 e. The smallest absolute Gasteiger partial charge is 0.218 e. The standard InChI is InChI=1S/C22H31N5O3.HI/c1-23-22(25-17-18-5-4-10-24-21(18)30-16-15-28-2)27-13-11-26(12-14-27)19-6-8-20(29-3)9-7-19;/h4-10H,11-17H2,1-3H3,(H,23,25);1H. The van der Waals surface area contributed by atoms with Gasteiger partial charge in [-0.05, 0) is 30.3 Å². The van der Waals surface area contributed by atoms with E-state index in [1.807, 2.05) is 31.3 Å². The van der Waals surface area contributed by atoms with Crippen LogP contribution in [0.2, 0.25) is 0 Å². The first kappa shape index (κ1) is 25.0. The molecule has 1 aliphatic rings. The summed E-state index contributed by atoms with van der Waals surface area (Å²) in [5.41, 5.74) is 2.21. The van der Waals surface area contributed by atoms with Crippen LogP contribution in [0.3, 0.4) is 0 Å². The van der Waals surface area contributed by atoms with E-state index in [0.717, 1.165) is 43.5 Å². The second kappa shape index (κ2) is 13.2. The van der Waals surface area contributed by atoms with Gasteiger partial charge in [-0.15, -0.1) is 24.0 Å². The summed E-state index contributed by atoms with van der Waals surface area (Å²) in [6, 6.07) is 12.1. The number of anilines is 1. The van der Waals surface area contributed by atoms with E-state index in [9.17, 15) is 0 Å². The molecule has 0 amide bonds. The Morgan fingerprint density at radius 1 is 1.06 bits per heavy atom. The fourth-order valence-electron chi connectivity index (χ4n) is 3.39. The Morgan fingerprint density at radius 3 is 2.45 bits per heavy atom. The summed E-state index contributed by atoms with van der Waals surface area (Å²) in [5.74, 6) is 2.39. The molecule has 1 aliphatic heterocycles. The number of rotatable bonds is 8. The maximum atomic E-state index is 5.72. The van der Waals surface area contributed by atoms with Crippen LogP contribution in [0.1, 0.15) is 5.56 Å². The molecular formula is C22H32IN5O3. The molecule has 0 unspecified atom stereocenters. The van der Waals surface area contributed by atoms with Gasteiger partial charge >= 0.3 is 0 Å². The van der Waals surface area contributed by atoms with E-state index in [0.29, 0.717) is 25.6 Å². The minimum atomic E-state index is 0. The van der Waals surface area contributed by atoms with Gasteiger partial charge in [-0.3, -0.25) is 4.99 Å². The van der Waals surface area contributed by atoms with Gasteiger partial charge in [0.1, 0.15) is 12.4 Å². The highest BCUT2D eigenvalue weighted by Gasteiger charge is 2.20. The lowest BCUT2D eigenvalue weighted by Gasteiger charge is -2.37. The monoisotopic (exact) mass is 541 g/mol. The molecule has 170 valence electrons. The largest absolute Gasteiger partial charge is 0.497 e. The van der Waals surface area contributed by atoms with Crippen molar-refractivity contribution >= 4 is 35.6 Å². The second-order valence-corrected chi connectivity index (χ2v) is 6.88. The fourth-order valence-corrected chi connectivity index (χ4v) is 3.39. The average Bonchev–Trinajstić information content (AvgIpc) is 2.81. The summed E-state index contributed by atoms with van der Waals surface area (Å²) < 4.78 is 16.0. The van der Waals surface area contributed by atoms with Crippen LogP contribution in [-0.2, 0) is 11.3 Å². The van der Waals surface area contributed by atoms with E-state index >= 15 is 0 Å². The van der Waals surface area contributed by atoms with Gasteiger partial charge in [-0.1, -0.05) is 6.07 Å². The van der Waals surface area contributed by atoms with Crippen LogP contribution in [0.5, 0.6) is 11.6 Å². The maximum absolute atomic E-state index is 5.72. The summed E-state index contributed by atoms with van der Waals surface area (Å²) in [4.78, 5) is 13.5. The molecular weight excluding hydrogens is 509 g/mol. The van der Waals surface area contributed by atoms with Crippen molar-refractivity contribution in [2.24, 2.45) is 4.99 Å². The molecule has 1 aromatic carbocycles. The third-order valence-electron chi connectivity index (χ3n) is 5.04. The number of ether oxygens (including phenoxy) is 3. The van der Waals surface area contributed by atoms with Crippen LogP contribution in [0.15, 0.2) is 47.6 Å². The molecule has 0 radical (unpaired) electrons. The summed E-state index contributed by atoms with van der Waals surface area (Å²) >= 11 is 0. The third-order valence-corrected chi connectivity index (χ3v) is 5.04. The third kappa shape index (κ3) is 7.13. The van der Waals surface area contributed by atoms with Crippen molar-refractivity contribution in [2.75, 3.05) is 65.6 Å². The van der Waals surface area contributed by atoms with Crippen LogP contribution >= 0.6 is 24.0 Å². The molecule has 1 N–H and O–H groups in total. The summed E-state index contributed by atoms with van der Waals surface area (Å²) in [6.45, 7) is 5.27. The van der Waals surface area contributed by atoms with Crippen molar-refractivity contribution in [3.8, 4) is 11.6 Å². The molecule has 31 heavy (non-hydrogen) atoms. The summed E-state index contributed by atoms with van der Waals surface area (Å²) in [7, 11) is 5.16. The van der Waals surface area contributed by atoms with Gasteiger partial charge in [0, 0.05) is 64.3 Å². The van der Waals surface area contributed by atoms with Gasteiger partial charge in [0.05, 0.1) is 13.7 Å². The zero-order valence-corrected chi connectivity index (χ0v) is 20.7. The second-order valence-electron chi connectivity index (χ2n) is 6.88. The van der Waals surface area contributed by atoms with Gasteiger partial charge in [-0.25, -0.2) is 4.98 Å². The number of pyridine rings is 1. The molecule has 0 saturated carbocycles. The zero-order chi connectivity index (χ0) is 21.2. The molecule has 9 heteroatoms. The van der Waals surface area contributed by atoms with Crippen LogP contribution in [0, 0.1) is 0 Å². The highest BCUT2D eigenvalue weighted by Crippen LogP contribution is 2.20. The molecule has 2 aromatic rings. The lowest BCUT2D eigenvalue weighted by molar-refractivity contribution is 0.143. The molecule has 3 rings (SSSR count). The first-order valence-corrected chi connectivity index (χ1v) is 10.2. The predicted molar refractivity (Wildman–Crippen MR) is 134 cm³/mol. The summed E-state index contributed by atoms with van der Waals surface area (Å²) in [5, 5.41) is 3.45. The normalized spacial score (nSPS) is 14.1. The number of nitrogens with zero attached hydrogens (tertiary/aromatic N) is 4. The van der Waals surface area contributed by atoms with Crippen molar-refractivity contribution in [1.82, 2.24) is 15.2 Å². The first-order chi connectivity index (χ1) is 14.7. The Balaban J connectivity index is 0.00000341. The van der Waals surface area contributed by atoms with E-state index in [-0.39, 0.29) is 24.0 Å². The lowest BCUT2D eigenvalue weighted by atomic mass is 10.2. The number of aromatic nitrogens is 1. The average molecular weight is 541 g/mol. The van der Waals surface area contributed by atoms with Crippen LogP contribution in [-0.4, -0.2) is 76.5 Å². The molecule has 0 atom stereocenters. The number of piperazine rings is 1. The fraction of sp³-hybridized carbons (Fsp3) is 0.455. The van der Waals surface area contributed by atoms with Gasteiger partial charge in [-0.2, -0.15) is 0 Å². The molecule has 1 fully saturated rings. The minimum absolute atomic E-state index is 0. The Bertz CT molecular complexity index is 811. The van der Waals surface area contributed by atoms with Crippen LogP contribution in [0.25, 0.3) is 0 Å². The number of hydrogen-bond acceptors (Lipinski definition) is 6. The molecule has 0 aliphatic carbocycles. The van der Waals surface area contributed by atoms with Crippen molar-refractivity contribution in [2.45, 2.75) is 6.54 Å². The topological polar surface area (TPSA) is 71.5 Å². The summed E-state index contributed by atoms with van der Waals surface area (Å²) in [6.07, 6.45) is 1.73. The van der Waals surface area contributed by atoms with Crippen molar-refractivity contribution in [1.29, 1.82) is 0 Å².